The lowest BCUT2D eigenvalue weighted by atomic mass is 9.99. The van der Waals surface area contributed by atoms with Crippen molar-refractivity contribution in [1.29, 1.82) is 0 Å². The Bertz CT molecular complexity index is 1010. The molecule has 0 aliphatic heterocycles. The maximum absolute atomic E-state index is 6.00. The first-order valence-corrected chi connectivity index (χ1v) is 9.58. The standard InChI is InChI=1S/C28H22O/c1-21(23-9-5-3-6-10-23)25-13-17-27(18-14-25)29-28-19-15-26(16-20-28)22(2)24-11-7-4-8-12-24/h3-20H,1-2H2. The highest BCUT2D eigenvalue weighted by molar-refractivity contribution is 5.79. The molecule has 0 N–H and O–H groups in total. The molecule has 1 heteroatoms. The highest BCUT2D eigenvalue weighted by atomic mass is 16.5. The normalized spacial score (nSPS) is 10.3. The van der Waals surface area contributed by atoms with Gasteiger partial charge in [-0.25, -0.2) is 0 Å². The first-order chi connectivity index (χ1) is 14.2. The van der Waals surface area contributed by atoms with Gasteiger partial charge in [0.25, 0.3) is 0 Å². The Balaban J connectivity index is 1.44. The minimum absolute atomic E-state index is 0.796. The van der Waals surface area contributed by atoms with E-state index in [1.165, 1.54) is 0 Å². The molecule has 0 aliphatic rings. The van der Waals surface area contributed by atoms with Gasteiger partial charge < -0.3 is 4.74 Å². The summed E-state index contributed by atoms with van der Waals surface area (Å²) in [4.78, 5) is 0. The third-order valence-electron chi connectivity index (χ3n) is 4.89. The molecule has 0 aromatic heterocycles. The van der Waals surface area contributed by atoms with Gasteiger partial charge in [-0.05, 0) is 57.7 Å². The largest absolute Gasteiger partial charge is 0.457 e. The second-order valence-electron chi connectivity index (χ2n) is 6.84. The van der Waals surface area contributed by atoms with Gasteiger partial charge in [-0.15, -0.1) is 0 Å². The summed E-state index contributed by atoms with van der Waals surface area (Å²) in [5.74, 6) is 1.59. The lowest BCUT2D eigenvalue weighted by Crippen LogP contribution is -1.89. The maximum Gasteiger partial charge on any atom is 0.127 e. The van der Waals surface area contributed by atoms with Gasteiger partial charge in [0.15, 0.2) is 0 Å². The SMILES string of the molecule is C=C(c1ccccc1)c1ccc(Oc2ccc(C(=C)c3ccccc3)cc2)cc1. The Labute approximate surface area is 172 Å². The summed E-state index contributed by atoms with van der Waals surface area (Å²) >= 11 is 0. The van der Waals surface area contributed by atoms with E-state index in [2.05, 4.69) is 37.4 Å². The molecule has 0 saturated heterocycles. The molecule has 0 atom stereocenters. The lowest BCUT2D eigenvalue weighted by molar-refractivity contribution is 0.482. The van der Waals surface area contributed by atoms with E-state index >= 15 is 0 Å². The van der Waals surface area contributed by atoms with E-state index in [0.717, 1.165) is 44.9 Å². The van der Waals surface area contributed by atoms with Crippen molar-refractivity contribution in [3.63, 3.8) is 0 Å². The van der Waals surface area contributed by atoms with Gasteiger partial charge in [-0.3, -0.25) is 0 Å². The van der Waals surface area contributed by atoms with Crippen molar-refractivity contribution in [3.8, 4) is 11.5 Å². The van der Waals surface area contributed by atoms with E-state index in [-0.39, 0.29) is 0 Å². The average molecular weight is 374 g/mol. The van der Waals surface area contributed by atoms with Crippen molar-refractivity contribution in [2.24, 2.45) is 0 Å². The number of benzene rings is 4. The summed E-state index contributed by atoms with van der Waals surface area (Å²) < 4.78 is 6.00. The van der Waals surface area contributed by atoms with Crippen molar-refractivity contribution in [1.82, 2.24) is 0 Å². The van der Waals surface area contributed by atoms with Crippen molar-refractivity contribution >= 4 is 11.1 Å². The molecule has 140 valence electrons. The molecule has 0 aliphatic carbocycles. The molecular weight excluding hydrogens is 352 g/mol. The predicted molar refractivity (Wildman–Crippen MR) is 122 cm³/mol. The van der Waals surface area contributed by atoms with E-state index in [9.17, 15) is 0 Å². The highest BCUT2D eigenvalue weighted by Crippen LogP contribution is 2.28. The second kappa shape index (κ2) is 8.45. The van der Waals surface area contributed by atoms with Gasteiger partial charge in [0.2, 0.25) is 0 Å². The van der Waals surface area contributed by atoms with Gasteiger partial charge in [-0.2, -0.15) is 0 Å². The zero-order chi connectivity index (χ0) is 20.1. The Morgan fingerprint density at radius 3 is 1.07 bits per heavy atom. The number of rotatable bonds is 6. The summed E-state index contributed by atoms with van der Waals surface area (Å²) in [5.41, 5.74) is 6.41. The van der Waals surface area contributed by atoms with Crippen LogP contribution in [-0.2, 0) is 0 Å². The van der Waals surface area contributed by atoms with E-state index in [4.69, 9.17) is 4.74 Å². The first kappa shape index (κ1) is 18.5. The summed E-state index contributed by atoms with van der Waals surface area (Å²) in [7, 11) is 0. The summed E-state index contributed by atoms with van der Waals surface area (Å²) in [6.45, 7) is 8.42. The second-order valence-corrected chi connectivity index (χ2v) is 6.84. The summed E-state index contributed by atoms with van der Waals surface area (Å²) in [6.07, 6.45) is 0. The van der Waals surface area contributed by atoms with Crippen LogP contribution < -0.4 is 4.74 Å². The Morgan fingerprint density at radius 1 is 0.414 bits per heavy atom. The van der Waals surface area contributed by atoms with Crippen LogP contribution in [0.3, 0.4) is 0 Å². The number of ether oxygens (including phenoxy) is 1. The number of hydrogen-bond donors (Lipinski definition) is 0. The molecule has 4 rings (SSSR count). The molecule has 0 saturated carbocycles. The number of hydrogen-bond acceptors (Lipinski definition) is 1. The van der Waals surface area contributed by atoms with Crippen LogP contribution in [0.15, 0.2) is 122 Å². The third-order valence-corrected chi connectivity index (χ3v) is 4.89. The van der Waals surface area contributed by atoms with Crippen LogP contribution in [0.4, 0.5) is 0 Å². The Hall–Kier alpha value is -3.84. The van der Waals surface area contributed by atoms with Gasteiger partial charge in [-0.1, -0.05) is 98.1 Å². The van der Waals surface area contributed by atoms with Crippen molar-refractivity contribution < 1.29 is 4.74 Å². The summed E-state index contributed by atoms with van der Waals surface area (Å²) in [5, 5.41) is 0. The minimum Gasteiger partial charge on any atom is -0.457 e. The van der Waals surface area contributed by atoms with Crippen molar-refractivity contribution in [2.45, 2.75) is 0 Å². The van der Waals surface area contributed by atoms with Crippen LogP contribution in [-0.4, -0.2) is 0 Å². The van der Waals surface area contributed by atoms with Gasteiger partial charge >= 0.3 is 0 Å². The van der Waals surface area contributed by atoms with Crippen molar-refractivity contribution in [3.05, 3.63) is 145 Å². The molecule has 0 radical (unpaired) electrons. The zero-order valence-electron chi connectivity index (χ0n) is 16.2. The highest BCUT2D eigenvalue weighted by Gasteiger charge is 2.05. The fourth-order valence-electron chi connectivity index (χ4n) is 3.20. The molecule has 1 nitrogen and oxygen atoms in total. The smallest absolute Gasteiger partial charge is 0.127 e. The van der Waals surface area contributed by atoms with Gasteiger partial charge in [0, 0.05) is 0 Å². The quantitative estimate of drug-likeness (QED) is 0.337. The minimum atomic E-state index is 0.796. The van der Waals surface area contributed by atoms with Crippen molar-refractivity contribution in [2.75, 3.05) is 0 Å². The molecule has 4 aromatic rings. The maximum atomic E-state index is 6.00. The fourth-order valence-corrected chi connectivity index (χ4v) is 3.20. The van der Waals surface area contributed by atoms with E-state index < -0.39 is 0 Å². The average Bonchev–Trinajstić information content (AvgIpc) is 2.80. The van der Waals surface area contributed by atoms with E-state index in [1.54, 1.807) is 0 Å². The lowest BCUT2D eigenvalue weighted by Gasteiger charge is -2.10. The van der Waals surface area contributed by atoms with Crippen LogP contribution in [0, 0.1) is 0 Å². The van der Waals surface area contributed by atoms with E-state index in [0.29, 0.717) is 0 Å². The van der Waals surface area contributed by atoms with Crippen LogP contribution >= 0.6 is 0 Å². The van der Waals surface area contributed by atoms with Crippen LogP contribution in [0.2, 0.25) is 0 Å². The fraction of sp³-hybridized carbons (Fsp3) is 0. The van der Waals surface area contributed by atoms with Gasteiger partial charge in [0.05, 0.1) is 0 Å². The van der Waals surface area contributed by atoms with Gasteiger partial charge in [0.1, 0.15) is 11.5 Å². The third kappa shape index (κ3) is 4.36. The van der Waals surface area contributed by atoms with Crippen LogP contribution in [0.25, 0.3) is 11.1 Å². The summed E-state index contributed by atoms with van der Waals surface area (Å²) in [6, 6.07) is 36.4. The monoisotopic (exact) mass is 374 g/mol. The zero-order valence-corrected chi connectivity index (χ0v) is 16.2. The Morgan fingerprint density at radius 2 is 0.724 bits per heavy atom. The van der Waals surface area contributed by atoms with Crippen LogP contribution in [0.1, 0.15) is 22.3 Å². The Kier molecular flexibility index (Phi) is 5.40. The van der Waals surface area contributed by atoms with Crippen LogP contribution in [0.5, 0.6) is 11.5 Å². The molecule has 0 fully saturated rings. The molecule has 0 bridgehead atoms. The predicted octanol–water partition coefficient (Wildman–Crippen LogP) is 7.60. The molecule has 0 heterocycles. The topological polar surface area (TPSA) is 9.23 Å². The molecule has 29 heavy (non-hydrogen) atoms. The molecule has 0 unspecified atom stereocenters. The first-order valence-electron chi connectivity index (χ1n) is 9.58. The van der Waals surface area contributed by atoms with E-state index in [1.807, 2.05) is 84.9 Å². The molecule has 0 amide bonds. The molecule has 4 aromatic carbocycles. The molecular formula is C28H22O. The molecule has 0 spiro atoms.